The zero-order chi connectivity index (χ0) is 49.3. The van der Waals surface area contributed by atoms with Crippen LogP contribution in [0.4, 0.5) is 0 Å². The minimum Gasteiger partial charge on any atom is -0.466 e. The molecule has 0 aliphatic carbocycles. The van der Waals surface area contributed by atoms with Crippen LogP contribution in [0, 0.1) is 0 Å². The Balaban J connectivity index is 3.49. The maximum absolute atomic E-state index is 12.5. The molecule has 0 spiro atoms. The van der Waals surface area contributed by atoms with Crippen molar-refractivity contribution in [1.29, 1.82) is 0 Å². The molecule has 0 aliphatic heterocycles. The smallest absolute Gasteiger partial charge is 0.305 e. The van der Waals surface area contributed by atoms with Gasteiger partial charge in [0.25, 0.3) is 0 Å². The second-order valence-corrected chi connectivity index (χ2v) is 20.7. The van der Waals surface area contributed by atoms with Crippen LogP contribution in [0.3, 0.4) is 0 Å². The van der Waals surface area contributed by atoms with E-state index in [1.807, 2.05) is 6.08 Å². The van der Waals surface area contributed by atoms with Gasteiger partial charge >= 0.3 is 5.97 Å². The first-order valence-corrected chi connectivity index (χ1v) is 30.3. The van der Waals surface area contributed by atoms with Gasteiger partial charge in [-0.25, -0.2) is 0 Å². The summed E-state index contributed by atoms with van der Waals surface area (Å²) in [5.41, 5.74) is 0. The highest BCUT2D eigenvalue weighted by atomic mass is 16.5. The van der Waals surface area contributed by atoms with Crippen LogP contribution in [0.5, 0.6) is 0 Å². The Morgan fingerprint density at radius 2 is 0.735 bits per heavy atom. The fraction of sp³-hybridized carbons (Fsp3) is 0.871. The summed E-state index contributed by atoms with van der Waals surface area (Å²) < 4.78 is 5.47. The van der Waals surface area contributed by atoms with Crippen molar-refractivity contribution in [2.45, 2.75) is 334 Å². The van der Waals surface area contributed by atoms with Crippen molar-refractivity contribution in [2.24, 2.45) is 0 Å². The van der Waals surface area contributed by atoms with E-state index in [0.29, 0.717) is 19.4 Å². The van der Waals surface area contributed by atoms with Crippen LogP contribution >= 0.6 is 0 Å². The Labute approximate surface area is 424 Å². The third-order valence-corrected chi connectivity index (χ3v) is 13.9. The van der Waals surface area contributed by atoms with E-state index in [-0.39, 0.29) is 18.5 Å². The van der Waals surface area contributed by atoms with Gasteiger partial charge in [0.05, 0.1) is 25.4 Å². The van der Waals surface area contributed by atoms with E-state index in [9.17, 15) is 19.8 Å². The quantitative estimate of drug-likeness (QED) is 0.0321. The van der Waals surface area contributed by atoms with E-state index >= 15 is 0 Å². The highest BCUT2D eigenvalue weighted by Gasteiger charge is 2.18. The second kappa shape index (κ2) is 57.7. The molecule has 0 heterocycles. The first-order valence-electron chi connectivity index (χ1n) is 30.3. The van der Waals surface area contributed by atoms with Crippen molar-refractivity contribution in [1.82, 2.24) is 5.32 Å². The Bertz CT molecular complexity index is 1100. The molecule has 400 valence electrons. The van der Waals surface area contributed by atoms with Gasteiger partial charge in [0.2, 0.25) is 5.91 Å². The molecule has 0 rings (SSSR count). The van der Waals surface area contributed by atoms with Crippen molar-refractivity contribution in [2.75, 3.05) is 13.2 Å². The van der Waals surface area contributed by atoms with Crippen molar-refractivity contribution in [3.63, 3.8) is 0 Å². The van der Waals surface area contributed by atoms with Gasteiger partial charge in [0, 0.05) is 12.8 Å². The number of allylic oxidation sites excluding steroid dienone is 5. The number of esters is 1. The third-order valence-electron chi connectivity index (χ3n) is 13.9. The molecule has 1 amide bonds. The molecule has 0 saturated heterocycles. The number of carbonyl (C=O) groups excluding carboxylic acids is 2. The molecule has 0 fully saturated rings. The highest BCUT2D eigenvalue weighted by molar-refractivity contribution is 5.76. The monoisotopic (exact) mass is 956 g/mol. The van der Waals surface area contributed by atoms with E-state index in [1.54, 1.807) is 6.08 Å². The van der Waals surface area contributed by atoms with Gasteiger partial charge in [-0.2, -0.15) is 0 Å². The molecule has 0 aromatic rings. The maximum atomic E-state index is 12.5. The van der Waals surface area contributed by atoms with Crippen LogP contribution in [0.25, 0.3) is 0 Å². The van der Waals surface area contributed by atoms with Crippen LogP contribution in [0.1, 0.15) is 322 Å². The van der Waals surface area contributed by atoms with Gasteiger partial charge in [-0.1, -0.05) is 281 Å². The van der Waals surface area contributed by atoms with Crippen LogP contribution in [-0.2, 0) is 14.3 Å². The Morgan fingerprint density at radius 3 is 1.13 bits per heavy atom. The zero-order valence-corrected chi connectivity index (χ0v) is 45.6. The molecule has 0 aliphatic rings. The van der Waals surface area contributed by atoms with Gasteiger partial charge in [0.1, 0.15) is 0 Å². The van der Waals surface area contributed by atoms with E-state index in [1.165, 1.54) is 231 Å². The first kappa shape index (κ1) is 66.1. The maximum Gasteiger partial charge on any atom is 0.305 e. The van der Waals surface area contributed by atoms with E-state index < -0.39 is 12.1 Å². The number of carbonyl (C=O) groups is 2. The minimum atomic E-state index is -0.855. The summed E-state index contributed by atoms with van der Waals surface area (Å²) in [5, 5.41) is 23.2. The summed E-state index contributed by atoms with van der Waals surface area (Å²) in [6.07, 6.45) is 71.7. The molecule has 0 bridgehead atoms. The van der Waals surface area contributed by atoms with Crippen molar-refractivity contribution < 1.29 is 24.5 Å². The lowest BCUT2D eigenvalue weighted by Crippen LogP contribution is -2.45. The number of hydrogen-bond acceptors (Lipinski definition) is 5. The number of amides is 1. The van der Waals surface area contributed by atoms with Gasteiger partial charge in [-0.05, 0) is 64.2 Å². The Hall–Kier alpha value is -1.92. The number of rotatable bonds is 56. The number of ether oxygens (including phenoxy) is 1. The topological polar surface area (TPSA) is 95.9 Å². The van der Waals surface area contributed by atoms with E-state index in [0.717, 1.165) is 64.2 Å². The van der Waals surface area contributed by atoms with Crippen LogP contribution in [0.15, 0.2) is 36.5 Å². The fourth-order valence-corrected chi connectivity index (χ4v) is 9.25. The summed E-state index contributed by atoms with van der Waals surface area (Å²) in [7, 11) is 0. The number of hydrogen-bond donors (Lipinski definition) is 3. The average molecular weight is 957 g/mol. The zero-order valence-electron chi connectivity index (χ0n) is 45.6. The Kier molecular flexibility index (Phi) is 56.0. The summed E-state index contributed by atoms with van der Waals surface area (Å²) in [5.74, 6) is -0.0990. The van der Waals surface area contributed by atoms with E-state index in [2.05, 4.69) is 43.5 Å². The molecule has 0 aromatic heterocycles. The van der Waals surface area contributed by atoms with Gasteiger partial charge in [0.15, 0.2) is 0 Å². The molecule has 6 nitrogen and oxygen atoms in total. The number of aliphatic hydroxyl groups excluding tert-OH is 2. The summed E-state index contributed by atoms with van der Waals surface area (Å²) in [4.78, 5) is 24.6. The van der Waals surface area contributed by atoms with Gasteiger partial charge in [-0.15, -0.1) is 0 Å². The number of unbranched alkanes of at least 4 members (excludes halogenated alkanes) is 41. The molecule has 0 aromatic carbocycles. The lowest BCUT2D eigenvalue weighted by Gasteiger charge is -2.20. The van der Waals surface area contributed by atoms with Crippen molar-refractivity contribution in [3.05, 3.63) is 36.5 Å². The van der Waals surface area contributed by atoms with Gasteiger partial charge < -0.3 is 20.3 Å². The lowest BCUT2D eigenvalue weighted by atomic mass is 10.0. The molecule has 6 heteroatoms. The Morgan fingerprint density at radius 1 is 0.412 bits per heavy atom. The van der Waals surface area contributed by atoms with E-state index in [4.69, 9.17) is 4.74 Å². The van der Waals surface area contributed by atoms with Crippen LogP contribution < -0.4 is 5.32 Å². The van der Waals surface area contributed by atoms with Crippen LogP contribution in [0.2, 0.25) is 0 Å². The average Bonchev–Trinajstić information content (AvgIpc) is 3.34. The largest absolute Gasteiger partial charge is 0.466 e. The molecular formula is C62H117NO5. The minimum absolute atomic E-state index is 0.0199. The third kappa shape index (κ3) is 53.4. The predicted octanol–water partition coefficient (Wildman–Crippen LogP) is 18.8. The molecule has 2 unspecified atom stereocenters. The van der Waals surface area contributed by atoms with Gasteiger partial charge in [-0.3, -0.25) is 9.59 Å². The standard InChI is InChI=1S/C62H117NO5/c1-3-5-7-9-11-13-15-17-19-21-22-23-24-25-26-27-30-34-38-42-46-50-54-60(65)59(58-64)63-61(66)55-51-47-43-39-35-31-29-33-37-41-45-49-53-57-68-62(67)56-52-48-44-40-36-32-28-20-18-16-14-12-10-8-6-4-2/h14,16,20,28,50,54,59-60,64-65H,3-13,15,17-19,21-27,29-49,51-53,55-58H2,1-2H3,(H,63,66)/b16-14-,28-20-,54-50+. The molecule has 0 radical (unpaired) electrons. The molecule has 0 saturated carbocycles. The lowest BCUT2D eigenvalue weighted by molar-refractivity contribution is -0.143. The molecule has 2 atom stereocenters. The summed E-state index contributed by atoms with van der Waals surface area (Å²) in [6, 6.07) is -0.640. The highest BCUT2D eigenvalue weighted by Crippen LogP contribution is 2.17. The number of aliphatic hydroxyl groups is 2. The predicted molar refractivity (Wildman–Crippen MR) is 296 cm³/mol. The fourth-order valence-electron chi connectivity index (χ4n) is 9.25. The summed E-state index contributed by atoms with van der Waals surface area (Å²) >= 11 is 0. The normalized spacial score (nSPS) is 12.8. The number of nitrogens with one attached hydrogen (secondary N) is 1. The molecule has 3 N–H and O–H groups in total. The first-order chi connectivity index (χ1) is 33.5. The van der Waals surface area contributed by atoms with Crippen molar-refractivity contribution in [3.8, 4) is 0 Å². The summed E-state index contributed by atoms with van der Waals surface area (Å²) in [6.45, 7) is 4.87. The van der Waals surface area contributed by atoms with Crippen molar-refractivity contribution >= 4 is 11.9 Å². The van der Waals surface area contributed by atoms with Crippen LogP contribution in [-0.4, -0.2) is 47.4 Å². The molecule has 68 heavy (non-hydrogen) atoms. The SMILES string of the molecule is CCCCCC/C=C\C/C=C\CCCCCCCC(=O)OCCCCCCCCCCCCCCCC(=O)NC(CO)C(O)/C=C/CCCCCCCCCCCCCCCCCCCCCC. The molecular weight excluding hydrogens is 839 g/mol. The second-order valence-electron chi connectivity index (χ2n) is 20.7.